The molecular formula is C19H27N3O. The fourth-order valence-corrected chi connectivity index (χ4v) is 2.48. The van der Waals surface area contributed by atoms with Gasteiger partial charge in [-0.15, -0.1) is 0 Å². The lowest BCUT2D eigenvalue weighted by atomic mass is 9.86. The van der Waals surface area contributed by atoms with Gasteiger partial charge < -0.3 is 5.32 Å². The Labute approximate surface area is 138 Å². The molecule has 0 unspecified atom stereocenters. The van der Waals surface area contributed by atoms with E-state index in [4.69, 9.17) is 0 Å². The Bertz CT molecular complexity index is 715. The molecule has 4 heteroatoms. The highest BCUT2D eigenvalue weighted by molar-refractivity contribution is 6.03. The van der Waals surface area contributed by atoms with Gasteiger partial charge in [0, 0.05) is 18.2 Å². The van der Waals surface area contributed by atoms with Crippen LogP contribution in [0, 0.1) is 0 Å². The van der Waals surface area contributed by atoms with Crippen molar-refractivity contribution in [3.63, 3.8) is 0 Å². The number of carbonyl (C=O) groups excluding carboxylic acids is 1. The summed E-state index contributed by atoms with van der Waals surface area (Å²) in [6.45, 7) is 12.7. The molecule has 0 bridgehead atoms. The van der Waals surface area contributed by atoms with E-state index in [1.54, 1.807) is 11.7 Å². The number of hydrogen-bond donors (Lipinski definition) is 1. The summed E-state index contributed by atoms with van der Waals surface area (Å²) in [5.74, 6) is -0.132. The summed E-state index contributed by atoms with van der Waals surface area (Å²) in [4.78, 5) is 12.7. The monoisotopic (exact) mass is 313 g/mol. The molecule has 1 amide bonds. The number of para-hydroxylation sites is 1. The summed E-state index contributed by atoms with van der Waals surface area (Å²) in [6.07, 6.45) is 0. The van der Waals surface area contributed by atoms with Crippen LogP contribution >= 0.6 is 0 Å². The van der Waals surface area contributed by atoms with Gasteiger partial charge in [0.05, 0.1) is 5.69 Å². The van der Waals surface area contributed by atoms with Crippen molar-refractivity contribution in [1.29, 1.82) is 0 Å². The molecule has 1 aromatic carbocycles. The van der Waals surface area contributed by atoms with Gasteiger partial charge >= 0.3 is 0 Å². The van der Waals surface area contributed by atoms with Gasteiger partial charge in [-0.3, -0.25) is 9.48 Å². The number of amides is 1. The van der Waals surface area contributed by atoms with Crippen LogP contribution in [0.5, 0.6) is 0 Å². The molecule has 0 atom stereocenters. The van der Waals surface area contributed by atoms with Gasteiger partial charge in [-0.2, -0.15) is 5.10 Å². The molecule has 2 aromatic rings. The molecule has 2 rings (SSSR count). The molecule has 4 nitrogen and oxygen atoms in total. The predicted octanol–water partition coefficient (Wildman–Crippen LogP) is 4.27. The summed E-state index contributed by atoms with van der Waals surface area (Å²) >= 11 is 0. The minimum Gasteiger partial charge on any atom is -0.320 e. The van der Waals surface area contributed by atoms with E-state index in [1.807, 2.05) is 24.3 Å². The number of benzene rings is 1. The number of nitrogens with one attached hydrogen (secondary N) is 1. The lowest BCUT2D eigenvalue weighted by Crippen LogP contribution is -2.20. The van der Waals surface area contributed by atoms with Crippen molar-refractivity contribution in [3.8, 4) is 0 Å². The number of nitrogens with zero attached hydrogens (tertiary/aromatic N) is 2. The molecule has 23 heavy (non-hydrogen) atoms. The zero-order chi connectivity index (χ0) is 17.4. The van der Waals surface area contributed by atoms with E-state index < -0.39 is 0 Å². The first-order valence-corrected chi connectivity index (χ1v) is 7.95. The maximum atomic E-state index is 12.7. The van der Waals surface area contributed by atoms with Gasteiger partial charge in [-0.25, -0.2) is 0 Å². The lowest BCUT2D eigenvalue weighted by Gasteiger charge is -2.23. The van der Waals surface area contributed by atoms with Crippen LogP contribution < -0.4 is 5.32 Å². The van der Waals surface area contributed by atoms with E-state index >= 15 is 0 Å². The Morgan fingerprint density at radius 1 is 1.04 bits per heavy atom. The Morgan fingerprint density at radius 3 is 2.17 bits per heavy atom. The molecule has 0 aliphatic carbocycles. The molecule has 124 valence electrons. The molecule has 0 radical (unpaired) electrons. The summed E-state index contributed by atoms with van der Waals surface area (Å²) in [5, 5.41) is 7.51. The van der Waals surface area contributed by atoms with Crippen LogP contribution in [0.25, 0.3) is 0 Å². The van der Waals surface area contributed by atoms with Gasteiger partial charge in [0.25, 0.3) is 5.91 Å². The molecule has 0 aliphatic heterocycles. The van der Waals surface area contributed by atoms with Crippen molar-refractivity contribution < 1.29 is 4.79 Å². The van der Waals surface area contributed by atoms with E-state index in [1.165, 1.54) is 0 Å². The highest BCUT2D eigenvalue weighted by Gasteiger charge is 2.23. The number of carbonyl (C=O) groups is 1. The Hall–Kier alpha value is -2.10. The van der Waals surface area contributed by atoms with Crippen LogP contribution in [0.4, 0.5) is 5.69 Å². The molecule has 1 heterocycles. The van der Waals surface area contributed by atoms with Gasteiger partial charge in [0.2, 0.25) is 0 Å². The molecule has 0 saturated carbocycles. The fourth-order valence-electron chi connectivity index (χ4n) is 2.48. The highest BCUT2D eigenvalue weighted by Crippen LogP contribution is 2.29. The summed E-state index contributed by atoms with van der Waals surface area (Å²) in [6, 6.07) is 9.81. The first kappa shape index (κ1) is 17.3. The number of anilines is 1. The van der Waals surface area contributed by atoms with E-state index in [2.05, 4.69) is 58.0 Å². The first-order valence-electron chi connectivity index (χ1n) is 7.95. The summed E-state index contributed by atoms with van der Waals surface area (Å²) in [7, 11) is 1.81. The minimum atomic E-state index is -0.132. The van der Waals surface area contributed by atoms with Crippen molar-refractivity contribution >= 4 is 11.6 Å². The smallest absolute Gasteiger partial charge is 0.273 e. The van der Waals surface area contributed by atoms with Crippen LogP contribution in [-0.2, 0) is 17.9 Å². The van der Waals surface area contributed by atoms with Crippen LogP contribution in [0.2, 0.25) is 0 Å². The summed E-state index contributed by atoms with van der Waals surface area (Å²) in [5.41, 5.74) is 3.33. The maximum absolute atomic E-state index is 12.7. The Balaban J connectivity index is 2.33. The van der Waals surface area contributed by atoms with Gasteiger partial charge in [0.1, 0.15) is 5.69 Å². The number of hydrogen-bond acceptors (Lipinski definition) is 2. The van der Waals surface area contributed by atoms with E-state index in [9.17, 15) is 4.79 Å². The van der Waals surface area contributed by atoms with Crippen LogP contribution in [-0.4, -0.2) is 15.7 Å². The minimum absolute atomic E-state index is 0.0348. The SMILES string of the molecule is Cn1nc(C(C)(C)C)cc1C(=O)Nc1ccccc1C(C)(C)C. The van der Waals surface area contributed by atoms with Crippen molar-refractivity contribution in [3.05, 3.63) is 47.3 Å². The van der Waals surface area contributed by atoms with Gasteiger partial charge in [0.15, 0.2) is 0 Å². The first-order chi connectivity index (χ1) is 10.5. The number of aryl methyl sites for hydroxylation is 1. The molecule has 0 fully saturated rings. The molecule has 0 aliphatic rings. The second-order valence-corrected chi connectivity index (χ2v) is 8.04. The van der Waals surface area contributed by atoms with Crippen LogP contribution in [0.1, 0.15) is 63.3 Å². The molecule has 0 saturated heterocycles. The summed E-state index contributed by atoms with van der Waals surface area (Å²) < 4.78 is 1.65. The zero-order valence-electron chi connectivity index (χ0n) is 15.2. The van der Waals surface area contributed by atoms with Crippen LogP contribution in [0.15, 0.2) is 30.3 Å². The third-order valence-corrected chi connectivity index (χ3v) is 3.86. The van der Waals surface area contributed by atoms with Crippen molar-refractivity contribution in [2.75, 3.05) is 5.32 Å². The Morgan fingerprint density at radius 2 is 1.65 bits per heavy atom. The van der Waals surface area contributed by atoms with Crippen molar-refractivity contribution in [1.82, 2.24) is 9.78 Å². The highest BCUT2D eigenvalue weighted by atomic mass is 16.2. The molecular weight excluding hydrogens is 286 g/mol. The zero-order valence-corrected chi connectivity index (χ0v) is 15.2. The molecule has 1 N–H and O–H groups in total. The van der Waals surface area contributed by atoms with Crippen molar-refractivity contribution in [2.45, 2.75) is 52.4 Å². The maximum Gasteiger partial charge on any atom is 0.273 e. The standard InChI is InChI=1S/C19H27N3O/c1-18(2,3)13-10-8-9-11-14(13)20-17(23)15-12-16(19(4,5)6)21-22(15)7/h8-12H,1-7H3,(H,20,23). The molecule has 0 spiro atoms. The normalized spacial score (nSPS) is 12.3. The number of rotatable bonds is 2. The quantitative estimate of drug-likeness (QED) is 0.900. The second-order valence-electron chi connectivity index (χ2n) is 8.04. The lowest BCUT2D eigenvalue weighted by molar-refractivity contribution is 0.101. The largest absolute Gasteiger partial charge is 0.320 e. The van der Waals surface area contributed by atoms with E-state index in [-0.39, 0.29) is 16.7 Å². The van der Waals surface area contributed by atoms with E-state index in [0.29, 0.717) is 5.69 Å². The fraction of sp³-hybridized carbons (Fsp3) is 0.474. The van der Waals surface area contributed by atoms with Crippen molar-refractivity contribution in [2.24, 2.45) is 7.05 Å². The van der Waals surface area contributed by atoms with Gasteiger partial charge in [-0.05, 0) is 23.1 Å². The average Bonchev–Trinajstić information content (AvgIpc) is 2.80. The second kappa shape index (κ2) is 5.84. The van der Waals surface area contributed by atoms with Crippen LogP contribution in [0.3, 0.4) is 0 Å². The van der Waals surface area contributed by atoms with Gasteiger partial charge in [-0.1, -0.05) is 59.7 Å². The third-order valence-electron chi connectivity index (χ3n) is 3.86. The third kappa shape index (κ3) is 3.81. The average molecular weight is 313 g/mol. The number of aromatic nitrogens is 2. The topological polar surface area (TPSA) is 46.9 Å². The Kier molecular flexibility index (Phi) is 4.38. The van der Waals surface area contributed by atoms with E-state index in [0.717, 1.165) is 16.9 Å². The molecule has 1 aromatic heterocycles. The predicted molar refractivity (Wildman–Crippen MR) is 95.0 cm³/mol.